The zero-order chi connectivity index (χ0) is 12.9. The smallest absolute Gasteiger partial charge is 0.235 e. The summed E-state index contributed by atoms with van der Waals surface area (Å²) in [5, 5.41) is 0. The van der Waals surface area contributed by atoms with Crippen molar-refractivity contribution in [3.63, 3.8) is 0 Å². The van der Waals surface area contributed by atoms with E-state index in [-0.39, 0.29) is 12.1 Å². The normalized spacial score (nSPS) is 14.8. The summed E-state index contributed by atoms with van der Waals surface area (Å²) < 4.78 is 6.10. The van der Waals surface area contributed by atoms with Crippen LogP contribution in [0.3, 0.4) is 0 Å². The second kappa shape index (κ2) is 5.91. The highest BCUT2D eigenvalue weighted by Crippen LogP contribution is 2.26. The molecule has 3 nitrogen and oxygen atoms in total. The van der Waals surface area contributed by atoms with Gasteiger partial charge >= 0.3 is 0 Å². The molecule has 0 radical (unpaired) electrons. The van der Waals surface area contributed by atoms with Gasteiger partial charge in [-0.1, -0.05) is 30.3 Å². The number of carbonyl (C=O) groups excluding carboxylic acids is 1. The average Bonchev–Trinajstić information content (AvgIpc) is 2.26. The molecule has 0 saturated carbocycles. The third-order valence-corrected chi connectivity index (χ3v) is 3.26. The molecule has 1 aromatic carbocycles. The third kappa shape index (κ3) is 4.65. The molecule has 0 aliphatic carbocycles. The molecule has 4 heteroatoms. The van der Waals surface area contributed by atoms with Gasteiger partial charge in [-0.15, -0.1) is 0 Å². The molecule has 0 aliphatic heterocycles. The Hall–Kier alpha value is -1.22. The minimum absolute atomic E-state index is 0.163. The van der Waals surface area contributed by atoms with Crippen molar-refractivity contribution in [1.82, 2.24) is 0 Å². The molecule has 0 aliphatic rings. The van der Waals surface area contributed by atoms with Crippen LogP contribution in [0.25, 0.3) is 0 Å². The van der Waals surface area contributed by atoms with Crippen molar-refractivity contribution in [2.45, 2.75) is 38.7 Å². The Bertz CT molecular complexity index is 394. The summed E-state index contributed by atoms with van der Waals surface area (Å²) >= 11 is 0. The number of benzene rings is 1. The first-order chi connectivity index (χ1) is 7.94. The van der Waals surface area contributed by atoms with E-state index in [0.717, 1.165) is 5.56 Å². The molecular weight excluding hydrogens is 230 g/mol. The first-order valence-corrected chi connectivity index (χ1v) is 9.14. The molecule has 0 fully saturated rings. The molecule has 0 N–H and O–H groups in total. The molecule has 17 heavy (non-hydrogen) atoms. The predicted octanol–water partition coefficient (Wildman–Crippen LogP) is 3.30. The molecule has 0 aromatic heterocycles. The van der Waals surface area contributed by atoms with Crippen molar-refractivity contribution in [3.8, 4) is 0 Å². The van der Waals surface area contributed by atoms with E-state index >= 15 is 0 Å². The molecule has 0 saturated heterocycles. The Labute approximate surface area is 104 Å². The van der Waals surface area contributed by atoms with Crippen molar-refractivity contribution in [2.75, 3.05) is 0 Å². The molecule has 0 heterocycles. The highest BCUT2D eigenvalue weighted by molar-refractivity contribution is 6.69. The van der Waals surface area contributed by atoms with Crippen LogP contribution in [0.4, 0.5) is 0 Å². The third-order valence-electron chi connectivity index (χ3n) is 2.30. The van der Waals surface area contributed by atoms with Crippen molar-refractivity contribution < 1.29 is 9.22 Å². The number of rotatable bonds is 5. The van der Waals surface area contributed by atoms with E-state index in [4.69, 9.17) is 4.43 Å². The van der Waals surface area contributed by atoms with E-state index in [1.165, 1.54) is 0 Å². The second-order valence-electron chi connectivity index (χ2n) is 5.02. The van der Waals surface area contributed by atoms with Crippen LogP contribution in [0.15, 0.2) is 35.3 Å². The maximum Gasteiger partial charge on any atom is 0.235 e. The predicted molar refractivity (Wildman–Crippen MR) is 71.2 cm³/mol. The van der Waals surface area contributed by atoms with Gasteiger partial charge in [0.05, 0.1) is 12.1 Å². The van der Waals surface area contributed by atoms with Gasteiger partial charge in [0, 0.05) is 0 Å². The fourth-order valence-electron chi connectivity index (χ4n) is 1.62. The number of nitrogens with zero attached hydrogens (tertiary/aromatic N) is 1. The quantitative estimate of drug-likeness (QED) is 0.456. The van der Waals surface area contributed by atoms with Gasteiger partial charge in [-0.05, 0) is 32.1 Å². The summed E-state index contributed by atoms with van der Waals surface area (Å²) in [7, 11) is -1.68. The van der Waals surface area contributed by atoms with E-state index < -0.39 is 8.32 Å². The van der Waals surface area contributed by atoms with Gasteiger partial charge in [0.25, 0.3) is 0 Å². The Balaban J connectivity index is 2.98. The van der Waals surface area contributed by atoms with Crippen molar-refractivity contribution in [3.05, 3.63) is 35.9 Å². The monoisotopic (exact) mass is 249 g/mol. The van der Waals surface area contributed by atoms with Crippen LogP contribution in [0.5, 0.6) is 0 Å². The molecule has 1 aromatic rings. The van der Waals surface area contributed by atoms with Crippen LogP contribution in [-0.4, -0.2) is 20.4 Å². The fourth-order valence-corrected chi connectivity index (χ4v) is 2.71. The number of hydrogen-bond donors (Lipinski definition) is 0. The van der Waals surface area contributed by atoms with Gasteiger partial charge in [-0.2, -0.15) is 4.99 Å². The lowest BCUT2D eigenvalue weighted by molar-refractivity contribution is 0.173. The summed E-state index contributed by atoms with van der Waals surface area (Å²) in [6.07, 6.45) is 1.45. The van der Waals surface area contributed by atoms with Crippen molar-refractivity contribution in [2.24, 2.45) is 4.99 Å². The molecule has 0 unspecified atom stereocenters. The lowest BCUT2D eigenvalue weighted by Crippen LogP contribution is -2.32. The van der Waals surface area contributed by atoms with Crippen LogP contribution in [0.2, 0.25) is 19.6 Å². The molecule has 1 rings (SSSR count). The Morgan fingerprint density at radius 2 is 1.82 bits per heavy atom. The van der Waals surface area contributed by atoms with E-state index in [1.54, 1.807) is 6.08 Å². The topological polar surface area (TPSA) is 38.7 Å². The first-order valence-electron chi connectivity index (χ1n) is 5.74. The standard InChI is InChI=1S/C13H19NO2Si/c1-11(14-10-15)13(16-17(2,3)4)12-8-6-5-7-9-12/h5-9,11,13H,1-4H3/t11-,13+/m1/s1. The minimum atomic E-state index is -1.68. The summed E-state index contributed by atoms with van der Waals surface area (Å²) in [4.78, 5) is 14.2. The molecule has 0 bridgehead atoms. The summed E-state index contributed by atoms with van der Waals surface area (Å²) in [5.41, 5.74) is 1.06. The Kier molecular flexibility index (Phi) is 4.81. The highest BCUT2D eigenvalue weighted by Gasteiger charge is 2.26. The van der Waals surface area contributed by atoms with Gasteiger partial charge < -0.3 is 4.43 Å². The summed E-state index contributed by atoms with van der Waals surface area (Å²) in [6, 6.07) is 9.69. The van der Waals surface area contributed by atoms with E-state index in [1.807, 2.05) is 37.3 Å². The lowest BCUT2D eigenvalue weighted by atomic mass is 10.0. The zero-order valence-electron chi connectivity index (χ0n) is 10.8. The van der Waals surface area contributed by atoms with Crippen molar-refractivity contribution in [1.29, 1.82) is 0 Å². The molecule has 0 spiro atoms. The van der Waals surface area contributed by atoms with Crippen LogP contribution < -0.4 is 0 Å². The molecule has 0 amide bonds. The Morgan fingerprint density at radius 3 is 2.29 bits per heavy atom. The van der Waals surface area contributed by atoms with Crippen LogP contribution in [0, 0.1) is 0 Å². The van der Waals surface area contributed by atoms with Crippen LogP contribution in [-0.2, 0) is 9.22 Å². The summed E-state index contributed by atoms with van der Waals surface area (Å²) in [5.74, 6) is 0. The van der Waals surface area contributed by atoms with Crippen molar-refractivity contribution >= 4 is 14.4 Å². The fraction of sp³-hybridized carbons (Fsp3) is 0.462. The van der Waals surface area contributed by atoms with Gasteiger partial charge in [0.2, 0.25) is 6.08 Å². The van der Waals surface area contributed by atoms with Crippen LogP contribution in [0.1, 0.15) is 18.6 Å². The maximum atomic E-state index is 10.4. The first kappa shape index (κ1) is 13.8. The maximum absolute atomic E-state index is 10.4. The van der Waals surface area contributed by atoms with Crippen LogP contribution >= 0.6 is 0 Å². The van der Waals surface area contributed by atoms with E-state index in [0.29, 0.717) is 0 Å². The zero-order valence-corrected chi connectivity index (χ0v) is 11.8. The van der Waals surface area contributed by atoms with E-state index in [9.17, 15) is 4.79 Å². The number of aliphatic imine (C=N–C) groups is 1. The lowest BCUT2D eigenvalue weighted by Gasteiger charge is -2.28. The second-order valence-corrected chi connectivity index (χ2v) is 9.48. The SMILES string of the molecule is C[C@@H](N=C=O)[C@H](O[Si](C)(C)C)c1ccccc1. The highest BCUT2D eigenvalue weighted by atomic mass is 28.4. The van der Waals surface area contributed by atoms with Gasteiger partial charge in [-0.3, -0.25) is 0 Å². The largest absolute Gasteiger partial charge is 0.409 e. The molecular formula is C13H19NO2Si. The van der Waals surface area contributed by atoms with E-state index in [2.05, 4.69) is 24.6 Å². The van der Waals surface area contributed by atoms with Gasteiger partial charge in [0.15, 0.2) is 8.32 Å². The molecule has 92 valence electrons. The average molecular weight is 249 g/mol. The van der Waals surface area contributed by atoms with Gasteiger partial charge in [-0.25, -0.2) is 4.79 Å². The summed E-state index contributed by atoms with van der Waals surface area (Å²) in [6.45, 7) is 8.25. The minimum Gasteiger partial charge on any atom is -0.409 e. The number of hydrogen-bond acceptors (Lipinski definition) is 3. The Morgan fingerprint density at radius 1 is 1.24 bits per heavy atom. The van der Waals surface area contributed by atoms with Gasteiger partial charge in [0.1, 0.15) is 0 Å². The number of isocyanates is 1. The molecule has 2 atom stereocenters.